The Bertz CT molecular complexity index is 1190. The Kier molecular flexibility index (Phi) is 5.22. The quantitative estimate of drug-likeness (QED) is 0.347. The number of fused-ring (bicyclic) bond motifs is 1. The number of nitrogens with one attached hydrogen (secondary N) is 3. The second kappa shape index (κ2) is 8.12. The first-order chi connectivity index (χ1) is 14.1. The number of furan rings is 1. The first-order valence-corrected chi connectivity index (χ1v) is 9.39. The van der Waals surface area contributed by atoms with Crippen LogP contribution in [0.3, 0.4) is 0 Å². The van der Waals surface area contributed by atoms with E-state index in [9.17, 15) is 4.79 Å². The number of para-hydroxylation sites is 2. The maximum Gasteiger partial charge on any atom is 0.270 e. The summed E-state index contributed by atoms with van der Waals surface area (Å²) in [6, 6.07) is 20.5. The lowest BCUT2D eigenvalue weighted by Crippen LogP contribution is -2.43. The van der Waals surface area contributed by atoms with E-state index in [2.05, 4.69) is 21.2 Å². The molecule has 0 atom stereocenters. The third-order valence-electron chi connectivity index (χ3n) is 4.42. The second-order valence-corrected chi connectivity index (χ2v) is 6.81. The number of hydrazine groups is 1. The molecule has 2 heterocycles. The Morgan fingerprint density at radius 3 is 2.59 bits per heavy atom. The van der Waals surface area contributed by atoms with Crippen molar-refractivity contribution in [3.05, 3.63) is 84.1 Å². The van der Waals surface area contributed by atoms with Gasteiger partial charge in [0.2, 0.25) is 0 Å². The third kappa shape index (κ3) is 4.09. The second-order valence-electron chi connectivity index (χ2n) is 6.40. The van der Waals surface area contributed by atoms with Crippen LogP contribution in [0.1, 0.15) is 15.9 Å². The molecule has 0 spiro atoms. The van der Waals surface area contributed by atoms with E-state index in [-0.39, 0.29) is 11.0 Å². The van der Waals surface area contributed by atoms with Crippen molar-refractivity contribution in [2.45, 2.75) is 6.92 Å². The molecule has 29 heavy (non-hydrogen) atoms. The van der Waals surface area contributed by atoms with Gasteiger partial charge in [-0.25, -0.2) is 4.98 Å². The number of rotatable bonds is 3. The molecule has 0 aliphatic heterocycles. The number of amides is 1. The van der Waals surface area contributed by atoms with Crippen molar-refractivity contribution < 1.29 is 9.21 Å². The molecule has 0 aliphatic rings. The van der Waals surface area contributed by atoms with Crippen molar-refractivity contribution in [2.75, 3.05) is 5.32 Å². The number of thiocarbonyl (C=S) groups is 1. The van der Waals surface area contributed by atoms with Gasteiger partial charge in [-0.05, 0) is 55.0 Å². The van der Waals surface area contributed by atoms with Crippen molar-refractivity contribution >= 4 is 39.8 Å². The van der Waals surface area contributed by atoms with Crippen molar-refractivity contribution in [3.8, 4) is 11.5 Å². The van der Waals surface area contributed by atoms with Gasteiger partial charge in [0, 0.05) is 11.1 Å². The maximum atomic E-state index is 12.9. The Morgan fingerprint density at radius 2 is 1.79 bits per heavy atom. The molecule has 2 aromatic heterocycles. The minimum atomic E-state index is -0.328. The molecule has 0 radical (unpaired) electrons. The van der Waals surface area contributed by atoms with E-state index in [1.807, 2.05) is 55.5 Å². The lowest BCUT2D eigenvalue weighted by atomic mass is 10.1. The molecule has 144 valence electrons. The van der Waals surface area contributed by atoms with Crippen LogP contribution in [0, 0.1) is 6.92 Å². The van der Waals surface area contributed by atoms with Gasteiger partial charge in [-0.1, -0.05) is 36.4 Å². The van der Waals surface area contributed by atoms with Crippen LogP contribution in [0.5, 0.6) is 0 Å². The summed E-state index contributed by atoms with van der Waals surface area (Å²) in [6.45, 7) is 1.97. The Labute approximate surface area is 172 Å². The number of hydrogen-bond acceptors (Lipinski definition) is 4. The van der Waals surface area contributed by atoms with Crippen LogP contribution in [-0.2, 0) is 0 Å². The number of hydrogen-bond donors (Lipinski definition) is 3. The predicted octanol–water partition coefficient (Wildman–Crippen LogP) is 4.43. The van der Waals surface area contributed by atoms with Gasteiger partial charge < -0.3 is 9.73 Å². The van der Waals surface area contributed by atoms with E-state index in [1.165, 1.54) is 0 Å². The molecule has 0 aliphatic carbocycles. The minimum Gasteiger partial charge on any atom is -0.463 e. The monoisotopic (exact) mass is 402 g/mol. The minimum absolute atomic E-state index is 0.289. The van der Waals surface area contributed by atoms with Gasteiger partial charge in [0.15, 0.2) is 10.9 Å². The molecule has 7 heteroatoms. The average molecular weight is 402 g/mol. The number of nitrogens with zero attached hydrogens (tertiary/aromatic N) is 1. The molecule has 0 saturated heterocycles. The standard InChI is InChI=1S/C22H18N4O2S/c1-14-7-2-4-9-17(14)24-22(29)26-25-21(27)16-13-19(20-11-6-12-28-20)23-18-10-5-3-8-15(16)18/h2-13H,1H3,(H,25,27)(H2,24,26,29). The summed E-state index contributed by atoms with van der Waals surface area (Å²) in [4.78, 5) is 17.5. The topological polar surface area (TPSA) is 79.2 Å². The molecule has 1 amide bonds. The fourth-order valence-electron chi connectivity index (χ4n) is 2.96. The lowest BCUT2D eigenvalue weighted by molar-refractivity contribution is 0.0946. The molecular weight excluding hydrogens is 384 g/mol. The Hall–Kier alpha value is -3.71. The summed E-state index contributed by atoms with van der Waals surface area (Å²) in [5.41, 5.74) is 9.07. The highest BCUT2D eigenvalue weighted by Crippen LogP contribution is 2.25. The van der Waals surface area contributed by atoms with Gasteiger partial charge in [0.25, 0.3) is 5.91 Å². The van der Waals surface area contributed by atoms with Crippen LogP contribution in [0.25, 0.3) is 22.4 Å². The predicted molar refractivity (Wildman–Crippen MR) is 117 cm³/mol. The van der Waals surface area contributed by atoms with E-state index in [0.717, 1.165) is 16.6 Å². The zero-order valence-electron chi connectivity index (χ0n) is 15.6. The molecule has 4 rings (SSSR count). The highest BCUT2D eigenvalue weighted by molar-refractivity contribution is 7.80. The number of aromatic nitrogens is 1. The van der Waals surface area contributed by atoms with Crippen molar-refractivity contribution in [1.82, 2.24) is 15.8 Å². The van der Waals surface area contributed by atoms with Gasteiger partial charge in [0.1, 0.15) is 5.69 Å². The highest BCUT2D eigenvalue weighted by atomic mass is 32.1. The van der Waals surface area contributed by atoms with Crippen molar-refractivity contribution in [2.24, 2.45) is 0 Å². The SMILES string of the molecule is Cc1ccccc1NC(=S)NNC(=O)c1cc(-c2ccco2)nc2ccccc12. The van der Waals surface area contributed by atoms with Gasteiger partial charge >= 0.3 is 0 Å². The van der Waals surface area contributed by atoms with Crippen LogP contribution in [-0.4, -0.2) is 16.0 Å². The van der Waals surface area contributed by atoms with Crippen LogP contribution in [0.2, 0.25) is 0 Å². The molecule has 0 saturated carbocycles. The first kappa shape index (κ1) is 18.6. The molecule has 0 fully saturated rings. The normalized spacial score (nSPS) is 10.5. The van der Waals surface area contributed by atoms with E-state index in [4.69, 9.17) is 16.6 Å². The van der Waals surface area contributed by atoms with Gasteiger partial charge in [-0.3, -0.25) is 15.6 Å². The smallest absolute Gasteiger partial charge is 0.270 e. The highest BCUT2D eigenvalue weighted by Gasteiger charge is 2.15. The van der Waals surface area contributed by atoms with Crippen LogP contribution >= 0.6 is 12.2 Å². The molecule has 0 bridgehead atoms. The van der Waals surface area contributed by atoms with Crippen molar-refractivity contribution in [3.63, 3.8) is 0 Å². The summed E-state index contributed by atoms with van der Waals surface area (Å²) in [5.74, 6) is 0.264. The van der Waals surface area contributed by atoms with Crippen molar-refractivity contribution in [1.29, 1.82) is 0 Å². The average Bonchev–Trinajstić information content (AvgIpc) is 3.28. The molecule has 0 unspecified atom stereocenters. The van der Waals surface area contributed by atoms with Crippen LogP contribution < -0.4 is 16.2 Å². The van der Waals surface area contributed by atoms with E-state index >= 15 is 0 Å². The Morgan fingerprint density at radius 1 is 1.00 bits per heavy atom. The number of benzene rings is 2. The number of carbonyl (C=O) groups excluding carboxylic acids is 1. The van der Waals surface area contributed by atoms with Crippen LogP contribution in [0.15, 0.2) is 77.4 Å². The zero-order chi connectivity index (χ0) is 20.2. The van der Waals surface area contributed by atoms with Gasteiger partial charge in [-0.15, -0.1) is 0 Å². The maximum absolute atomic E-state index is 12.9. The number of pyridine rings is 1. The fraction of sp³-hybridized carbons (Fsp3) is 0.0455. The molecule has 4 aromatic rings. The number of aryl methyl sites for hydroxylation is 1. The molecule has 6 nitrogen and oxygen atoms in total. The molecule has 3 N–H and O–H groups in total. The summed E-state index contributed by atoms with van der Waals surface area (Å²) in [7, 11) is 0. The van der Waals surface area contributed by atoms with E-state index in [1.54, 1.807) is 24.5 Å². The third-order valence-corrected chi connectivity index (χ3v) is 4.62. The molecular formula is C22H18N4O2S. The van der Waals surface area contributed by atoms with Gasteiger partial charge in [0.05, 0.1) is 17.3 Å². The zero-order valence-corrected chi connectivity index (χ0v) is 16.4. The van der Waals surface area contributed by atoms with Gasteiger partial charge in [-0.2, -0.15) is 0 Å². The Balaban J connectivity index is 1.55. The summed E-state index contributed by atoms with van der Waals surface area (Å²) < 4.78 is 5.44. The number of carbonyl (C=O) groups is 1. The first-order valence-electron chi connectivity index (χ1n) is 8.98. The van der Waals surface area contributed by atoms with E-state index in [0.29, 0.717) is 22.5 Å². The fourth-order valence-corrected chi connectivity index (χ4v) is 3.12. The summed E-state index contributed by atoms with van der Waals surface area (Å²) in [6.07, 6.45) is 1.57. The van der Waals surface area contributed by atoms with Crippen LogP contribution in [0.4, 0.5) is 5.69 Å². The summed E-state index contributed by atoms with van der Waals surface area (Å²) in [5, 5.41) is 4.09. The van der Waals surface area contributed by atoms with E-state index < -0.39 is 0 Å². The number of anilines is 1. The lowest BCUT2D eigenvalue weighted by Gasteiger charge is -2.14. The molecule has 2 aromatic carbocycles. The summed E-state index contributed by atoms with van der Waals surface area (Å²) >= 11 is 5.29. The largest absolute Gasteiger partial charge is 0.463 e.